The Labute approximate surface area is 65.6 Å². The quantitative estimate of drug-likeness (QED) is 0.562. The number of aryl methyl sites for hydroxylation is 1. The number of hydrogen-bond acceptors (Lipinski definition) is 2. The summed E-state index contributed by atoms with van der Waals surface area (Å²) in [5.41, 5.74) is 1.94. The van der Waals surface area contributed by atoms with Gasteiger partial charge in [0.05, 0.1) is 12.3 Å². The Bertz CT molecular complexity index is 314. The van der Waals surface area contributed by atoms with Gasteiger partial charge in [-0.15, -0.1) is 0 Å². The molecule has 0 aliphatic carbocycles. The maximum Gasteiger partial charge on any atom is 0.0915 e. The highest BCUT2D eigenvalue weighted by molar-refractivity contribution is 5.64. The average Bonchev–Trinajstić information content (AvgIpc) is 2.36. The van der Waals surface area contributed by atoms with Gasteiger partial charge in [0.15, 0.2) is 0 Å². The highest BCUT2D eigenvalue weighted by atomic mass is 15.2. The zero-order valence-corrected chi connectivity index (χ0v) is 6.57. The van der Waals surface area contributed by atoms with Crippen molar-refractivity contribution in [3.8, 4) is 6.07 Å². The molecule has 3 nitrogen and oxygen atoms in total. The molecule has 0 unspecified atom stereocenters. The fraction of sp³-hybridized carbons (Fsp3) is 0.250. The molecule has 0 fully saturated rings. The van der Waals surface area contributed by atoms with E-state index in [4.69, 9.17) is 5.26 Å². The van der Waals surface area contributed by atoms with Crippen molar-refractivity contribution in [2.24, 2.45) is 7.05 Å². The third-order valence-electron chi connectivity index (χ3n) is 1.44. The molecule has 0 N–H and O–H groups in total. The van der Waals surface area contributed by atoms with Gasteiger partial charge in [0, 0.05) is 24.9 Å². The molecule has 1 rings (SSSR count). The van der Waals surface area contributed by atoms with E-state index in [-0.39, 0.29) is 0 Å². The summed E-state index contributed by atoms with van der Waals surface area (Å²) >= 11 is 0. The average molecular weight is 147 g/mol. The molecule has 0 aliphatic rings. The van der Waals surface area contributed by atoms with Gasteiger partial charge < -0.3 is 0 Å². The van der Waals surface area contributed by atoms with E-state index in [0.717, 1.165) is 11.1 Å². The van der Waals surface area contributed by atoms with E-state index in [1.165, 1.54) is 6.08 Å². The van der Waals surface area contributed by atoms with Gasteiger partial charge in [-0.2, -0.15) is 10.4 Å². The van der Waals surface area contributed by atoms with Crippen LogP contribution in [0.15, 0.2) is 18.5 Å². The number of nitriles is 1. The molecule has 11 heavy (non-hydrogen) atoms. The first kappa shape index (κ1) is 7.55. The van der Waals surface area contributed by atoms with Crippen LogP contribution < -0.4 is 0 Å². The van der Waals surface area contributed by atoms with Crippen molar-refractivity contribution in [3.05, 3.63) is 24.0 Å². The Morgan fingerprint density at radius 1 is 1.82 bits per heavy atom. The van der Waals surface area contributed by atoms with E-state index in [9.17, 15) is 0 Å². The van der Waals surface area contributed by atoms with E-state index in [1.807, 2.05) is 26.2 Å². The third-order valence-corrected chi connectivity index (χ3v) is 1.44. The number of allylic oxidation sites excluding steroid dienone is 2. The number of rotatable bonds is 1. The Morgan fingerprint density at radius 2 is 2.55 bits per heavy atom. The zero-order chi connectivity index (χ0) is 8.27. The lowest BCUT2D eigenvalue weighted by Gasteiger charge is -1.89. The minimum absolute atomic E-state index is 0.945. The Kier molecular flexibility index (Phi) is 2.07. The van der Waals surface area contributed by atoms with E-state index in [0.29, 0.717) is 0 Å². The normalized spacial score (nSPS) is 11.2. The van der Waals surface area contributed by atoms with Crippen molar-refractivity contribution in [3.63, 3.8) is 0 Å². The Morgan fingerprint density at radius 3 is 3.00 bits per heavy atom. The van der Waals surface area contributed by atoms with Crippen LogP contribution in [0.1, 0.15) is 12.5 Å². The van der Waals surface area contributed by atoms with E-state index < -0.39 is 0 Å². The summed E-state index contributed by atoms with van der Waals surface area (Å²) in [7, 11) is 1.85. The summed E-state index contributed by atoms with van der Waals surface area (Å²) in [5.74, 6) is 0. The monoisotopic (exact) mass is 147 g/mol. The maximum absolute atomic E-state index is 8.35. The fourth-order valence-corrected chi connectivity index (χ4v) is 0.805. The molecule has 0 bridgehead atoms. The summed E-state index contributed by atoms with van der Waals surface area (Å²) in [6.45, 7) is 1.89. The molecule has 1 aromatic heterocycles. The minimum Gasteiger partial charge on any atom is -0.275 e. The van der Waals surface area contributed by atoms with Crippen LogP contribution in [0.2, 0.25) is 0 Å². The smallest absolute Gasteiger partial charge is 0.0915 e. The molecule has 3 heteroatoms. The van der Waals surface area contributed by atoms with Crippen molar-refractivity contribution in [1.29, 1.82) is 5.26 Å². The topological polar surface area (TPSA) is 41.6 Å². The van der Waals surface area contributed by atoms with E-state index in [2.05, 4.69) is 5.10 Å². The molecule has 56 valence electrons. The Hall–Kier alpha value is -1.56. The number of nitrogens with zero attached hydrogens (tertiary/aromatic N) is 3. The summed E-state index contributed by atoms with van der Waals surface area (Å²) < 4.78 is 1.71. The van der Waals surface area contributed by atoms with E-state index >= 15 is 0 Å². The predicted molar refractivity (Wildman–Crippen MR) is 42.5 cm³/mol. The lowest BCUT2D eigenvalue weighted by atomic mass is 10.2. The second kappa shape index (κ2) is 3.02. The van der Waals surface area contributed by atoms with Crippen LogP contribution in [-0.4, -0.2) is 9.78 Å². The molecule has 0 spiro atoms. The summed E-state index contributed by atoms with van der Waals surface area (Å²) in [6.07, 6.45) is 5.13. The lowest BCUT2D eigenvalue weighted by molar-refractivity contribution is 0.767. The fourth-order valence-electron chi connectivity index (χ4n) is 0.805. The maximum atomic E-state index is 8.35. The molecule has 1 heterocycles. The molecule has 0 atom stereocenters. The SMILES string of the molecule is CC(=CC#N)c1cnn(C)c1. The predicted octanol–water partition coefficient (Wildman–Crippen LogP) is 1.35. The van der Waals surface area contributed by atoms with Crippen LogP contribution in [0.3, 0.4) is 0 Å². The number of hydrogen-bond donors (Lipinski definition) is 0. The first-order valence-electron chi connectivity index (χ1n) is 3.29. The third kappa shape index (κ3) is 1.68. The molecule has 0 saturated heterocycles. The first-order chi connectivity index (χ1) is 5.24. The van der Waals surface area contributed by atoms with Crippen LogP contribution in [-0.2, 0) is 7.05 Å². The summed E-state index contributed by atoms with van der Waals surface area (Å²) in [4.78, 5) is 0. The second-order valence-electron chi connectivity index (χ2n) is 2.36. The standard InChI is InChI=1S/C8H9N3/c1-7(3-4-9)8-5-10-11(2)6-8/h3,5-6H,1-2H3. The molecule has 0 aliphatic heterocycles. The summed E-state index contributed by atoms with van der Waals surface area (Å²) in [6, 6.07) is 1.98. The van der Waals surface area contributed by atoms with E-state index in [1.54, 1.807) is 10.9 Å². The van der Waals surface area contributed by atoms with Crippen LogP contribution in [0.25, 0.3) is 5.57 Å². The van der Waals surface area contributed by atoms with Gasteiger partial charge >= 0.3 is 0 Å². The van der Waals surface area contributed by atoms with Crippen molar-refractivity contribution in [2.45, 2.75) is 6.92 Å². The van der Waals surface area contributed by atoms with Crippen molar-refractivity contribution < 1.29 is 0 Å². The van der Waals surface area contributed by atoms with Gasteiger partial charge in [0.1, 0.15) is 0 Å². The van der Waals surface area contributed by atoms with Crippen molar-refractivity contribution in [2.75, 3.05) is 0 Å². The van der Waals surface area contributed by atoms with Gasteiger partial charge in [0.2, 0.25) is 0 Å². The molecular weight excluding hydrogens is 138 g/mol. The van der Waals surface area contributed by atoms with Crippen LogP contribution in [0, 0.1) is 11.3 Å². The highest BCUT2D eigenvalue weighted by Crippen LogP contribution is 2.10. The highest BCUT2D eigenvalue weighted by Gasteiger charge is 1.96. The minimum atomic E-state index is 0.945. The zero-order valence-electron chi connectivity index (χ0n) is 6.57. The van der Waals surface area contributed by atoms with Gasteiger partial charge in [-0.1, -0.05) is 0 Å². The van der Waals surface area contributed by atoms with Gasteiger partial charge in [-0.25, -0.2) is 0 Å². The van der Waals surface area contributed by atoms with Crippen LogP contribution in [0.5, 0.6) is 0 Å². The van der Waals surface area contributed by atoms with Crippen LogP contribution >= 0.6 is 0 Å². The molecule has 0 aromatic carbocycles. The Balaban J connectivity index is 2.95. The van der Waals surface area contributed by atoms with Gasteiger partial charge in [0.25, 0.3) is 0 Å². The van der Waals surface area contributed by atoms with Crippen molar-refractivity contribution >= 4 is 5.57 Å². The molecular formula is C8H9N3. The summed E-state index contributed by atoms with van der Waals surface area (Å²) in [5, 5.41) is 12.3. The molecule has 0 saturated carbocycles. The van der Waals surface area contributed by atoms with Gasteiger partial charge in [-0.05, 0) is 12.5 Å². The molecule has 1 aromatic rings. The first-order valence-corrected chi connectivity index (χ1v) is 3.29. The van der Waals surface area contributed by atoms with Crippen LogP contribution in [0.4, 0.5) is 0 Å². The van der Waals surface area contributed by atoms with Crippen molar-refractivity contribution in [1.82, 2.24) is 9.78 Å². The number of aromatic nitrogens is 2. The van der Waals surface area contributed by atoms with Gasteiger partial charge in [-0.3, -0.25) is 4.68 Å². The lowest BCUT2D eigenvalue weighted by Crippen LogP contribution is -1.84. The molecule has 0 radical (unpaired) electrons. The largest absolute Gasteiger partial charge is 0.275 e. The second-order valence-corrected chi connectivity index (χ2v) is 2.36. The molecule has 0 amide bonds.